The SMILES string of the molecule is CCCOC(=O)c1cccc(N2C(=O)C(=O)/C(=C(\O)c3ccc(OC)cc3C)C2c2ccccn2)c1. The number of rotatable bonds is 7. The van der Waals surface area contributed by atoms with Crippen molar-refractivity contribution in [2.75, 3.05) is 18.6 Å². The van der Waals surface area contributed by atoms with Crippen LogP contribution >= 0.6 is 0 Å². The van der Waals surface area contributed by atoms with Gasteiger partial charge in [0.05, 0.1) is 30.5 Å². The lowest BCUT2D eigenvalue weighted by Gasteiger charge is -2.25. The molecule has 0 saturated carbocycles. The van der Waals surface area contributed by atoms with Crippen molar-refractivity contribution in [3.8, 4) is 5.75 Å². The van der Waals surface area contributed by atoms with Crippen LogP contribution in [0.15, 0.2) is 72.4 Å². The molecule has 1 aliphatic rings. The van der Waals surface area contributed by atoms with E-state index in [1.165, 1.54) is 18.1 Å². The molecule has 1 amide bonds. The third-order valence-electron chi connectivity index (χ3n) is 5.90. The van der Waals surface area contributed by atoms with Gasteiger partial charge in [-0.3, -0.25) is 19.5 Å². The minimum atomic E-state index is -1.00. The predicted molar refractivity (Wildman–Crippen MR) is 134 cm³/mol. The Morgan fingerprint density at radius 3 is 2.56 bits per heavy atom. The number of aliphatic hydroxyl groups is 1. The van der Waals surface area contributed by atoms with Crippen LogP contribution in [-0.4, -0.2) is 41.5 Å². The summed E-state index contributed by atoms with van der Waals surface area (Å²) in [7, 11) is 1.53. The number of esters is 1. The number of ether oxygens (including phenoxy) is 2. The third kappa shape index (κ3) is 4.57. The largest absolute Gasteiger partial charge is 0.507 e. The molecule has 184 valence electrons. The molecule has 36 heavy (non-hydrogen) atoms. The van der Waals surface area contributed by atoms with Crippen LogP contribution in [0.4, 0.5) is 5.69 Å². The minimum absolute atomic E-state index is 0.0917. The summed E-state index contributed by atoms with van der Waals surface area (Å²) in [6.45, 7) is 3.93. The maximum absolute atomic E-state index is 13.3. The van der Waals surface area contributed by atoms with Gasteiger partial charge < -0.3 is 14.6 Å². The molecule has 1 atom stereocenters. The molecular formula is C28H26N2O6. The highest BCUT2D eigenvalue weighted by Gasteiger charge is 2.47. The van der Waals surface area contributed by atoms with Crippen molar-refractivity contribution in [1.29, 1.82) is 0 Å². The van der Waals surface area contributed by atoms with Gasteiger partial charge >= 0.3 is 5.97 Å². The highest BCUT2D eigenvalue weighted by Crippen LogP contribution is 2.42. The standard InChI is InChI=1S/C28H26N2O6/c1-4-14-36-28(34)18-8-7-9-19(16-18)30-24(22-10-5-6-13-29-22)23(26(32)27(30)33)25(31)21-12-11-20(35-3)15-17(21)2/h5-13,15-16,24,31H,4,14H2,1-3H3/b25-23-. The number of ketones is 1. The Balaban J connectivity index is 1.87. The van der Waals surface area contributed by atoms with E-state index in [1.807, 2.05) is 6.92 Å². The fraction of sp³-hybridized carbons (Fsp3) is 0.214. The zero-order valence-corrected chi connectivity index (χ0v) is 20.2. The normalized spacial score (nSPS) is 16.8. The Morgan fingerprint density at radius 1 is 1.08 bits per heavy atom. The van der Waals surface area contributed by atoms with Gasteiger partial charge in [0, 0.05) is 17.4 Å². The summed E-state index contributed by atoms with van der Waals surface area (Å²) in [5, 5.41) is 11.3. The number of amides is 1. The number of Topliss-reactive ketones (excluding diaryl/α,β-unsaturated/α-hetero) is 1. The molecule has 0 aliphatic carbocycles. The van der Waals surface area contributed by atoms with Crippen molar-refractivity contribution in [2.45, 2.75) is 26.3 Å². The van der Waals surface area contributed by atoms with Gasteiger partial charge in [0.1, 0.15) is 17.6 Å². The van der Waals surface area contributed by atoms with E-state index in [1.54, 1.807) is 67.7 Å². The lowest BCUT2D eigenvalue weighted by molar-refractivity contribution is -0.132. The molecule has 4 rings (SSSR count). The highest BCUT2D eigenvalue weighted by atomic mass is 16.5. The maximum atomic E-state index is 13.3. The number of aromatic nitrogens is 1. The fourth-order valence-corrected chi connectivity index (χ4v) is 4.15. The first-order chi connectivity index (χ1) is 17.4. The van der Waals surface area contributed by atoms with E-state index in [-0.39, 0.29) is 23.5 Å². The van der Waals surface area contributed by atoms with E-state index < -0.39 is 23.7 Å². The van der Waals surface area contributed by atoms with Gasteiger partial charge in [0.2, 0.25) is 0 Å². The number of hydrogen-bond donors (Lipinski definition) is 1. The number of pyridine rings is 1. The van der Waals surface area contributed by atoms with Crippen LogP contribution in [0.25, 0.3) is 5.76 Å². The van der Waals surface area contributed by atoms with Gasteiger partial charge in [0.25, 0.3) is 11.7 Å². The van der Waals surface area contributed by atoms with Gasteiger partial charge in [-0.15, -0.1) is 0 Å². The summed E-state index contributed by atoms with van der Waals surface area (Å²) in [5.41, 5.74) is 1.91. The lowest BCUT2D eigenvalue weighted by atomic mass is 9.96. The van der Waals surface area contributed by atoms with E-state index in [4.69, 9.17) is 9.47 Å². The Hall–Kier alpha value is -4.46. The van der Waals surface area contributed by atoms with Crippen molar-refractivity contribution in [1.82, 2.24) is 4.98 Å². The zero-order chi connectivity index (χ0) is 25.8. The first kappa shape index (κ1) is 24.7. The number of aliphatic hydroxyl groups excluding tert-OH is 1. The van der Waals surface area contributed by atoms with Gasteiger partial charge in [0.15, 0.2) is 0 Å². The number of carbonyl (C=O) groups is 3. The fourth-order valence-electron chi connectivity index (χ4n) is 4.15. The van der Waals surface area contributed by atoms with Crippen LogP contribution in [0.5, 0.6) is 5.75 Å². The first-order valence-corrected chi connectivity index (χ1v) is 11.5. The monoisotopic (exact) mass is 486 g/mol. The molecule has 3 aromatic rings. The van der Waals surface area contributed by atoms with E-state index >= 15 is 0 Å². The van der Waals surface area contributed by atoms with E-state index in [9.17, 15) is 19.5 Å². The Labute approximate surface area is 208 Å². The Morgan fingerprint density at radius 2 is 1.89 bits per heavy atom. The van der Waals surface area contributed by atoms with Crippen LogP contribution in [0, 0.1) is 6.92 Å². The van der Waals surface area contributed by atoms with Crippen molar-refractivity contribution < 1.29 is 29.0 Å². The van der Waals surface area contributed by atoms with Crippen molar-refractivity contribution >= 4 is 29.1 Å². The number of carbonyl (C=O) groups excluding carboxylic acids is 3. The molecular weight excluding hydrogens is 460 g/mol. The zero-order valence-electron chi connectivity index (χ0n) is 20.2. The Bertz CT molecular complexity index is 1350. The second-order valence-electron chi connectivity index (χ2n) is 8.29. The molecule has 0 radical (unpaired) electrons. The summed E-state index contributed by atoms with van der Waals surface area (Å²) >= 11 is 0. The number of aryl methyl sites for hydroxylation is 1. The third-order valence-corrected chi connectivity index (χ3v) is 5.90. The van der Waals surface area contributed by atoms with E-state index in [2.05, 4.69) is 4.98 Å². The number of benzene rings is 2. The van der Waals surface area contributed by atoms with Crippen LogP contribution in [0.1, 0.15) is 46.6 Å². The summed E-state index contributed by atoms with van der Waals surface area (Å²) in [5.74, 6) is -1.93. The topological polar surface area (TPSA) is 106 Å². The number of hydrogen-bond acceptors (Lipinski definition) is 7. The van der Waals surface area contributed by atoms with Crippen LogP contribution in [0.3, 0.4) is 0 Å². The molecule has 1 saturated heterocycles. The van der Waals surface area contributed by atoms with Crippen LogP contribution < -0.4 is 9.64 Å². The molecule has 8 heteroatoms. The van der Waals surface area contributed by atoms with E-state index in [0.717, 1.165) is 0 Å². The van der Waals surface area contributed by atoms with Gasteiger partial charge in [-0.05, 0) is 67.4 Å². The van der Waals surface area contributed by atoms with Gasteiger partial charge in [-0.2, -0.15) is 0 Å². The summed E-state index contributed by atoms with van der Waals surface area (Å²) in [4.78, 5) is 44.8. The molecule has 2 heterocycles. The number of nitrogens with zero attached hydrogens (tertiary/aromatic N) is 2. The molecule has 0 bridgehead atoms. The van der Waals surface area contributed by atoms with E-state index in [0.29, 0.717) is 34.7 Å². The smallest absolute Gasteiger partial charge is 0.338 e. The van der Waals surface area contributed by atoms with Crippen LogP contribution in [-0.2, 0) is 14.3 Å². The second-order valence-corrected chi connectivity index (χ2v) is 8.29. The van der Waals surface area contributed by atoms with Crippen molar-refractivity contribution in [3.05, 3.63) is 94.8 Å². The minimum Gasteiger partial charge on any atom is -0.507 e. The Kier molecular flexibility index (Phi) is 7.15. The predicted octanol–water partition coefficient (Wildman–Crippen LogP) is 4.59. The van der Waals surface area contributed by atoms with Gasteiger partial charge in [-0.25, -0.2) is 4.79 Å². The molecule has 0 spiro atoms. The summed E-state index contributed by atoms with van der Waals surface area (Å²) < 4.78 is 10.5. The number of anilines is 1. The average molecular weight is 487 g/mol. The number of methoxy groups -OCH3 is 1. The van der Waals surface area contributed by atoms with Crippen molar-refractivity contribution in [3.63, 3.8) is 0 Å². The molecule has 1 fully saturated rings. The molecule has 2 aromatic carbocycles. The molecule has 1 aromatic heterocycles. The summed E-state index contributed by atoms with van der Waals surface area (Å²) in [6.07, 6.45) is 2.22. The average Bonchev–Trinajstić information content (AvgIpc) is 3.17. The second kappa shape index (κ2) is 10.4. The highest BCUT2D eigenvalue weighted by molar-refractivity contribution is 6.51. The molecule has 1 unspecified atom stereocenters. The first-order valence-electron chi connectivity index (χ1n) is 11.5. The van der Waals surface area contributed by atoms with Crippen LogP contribution in [0.2, 0.25) is 0 Å². The quantitative estimate of drug-likeness (QED) is 0.225. The van der Waals surface area contributed by atoms with Crippen molar-refractivity contribution in [2.24, 2.45) is 0 Å². The summed E-state index contributed by atoms with van der Waals surface area (Å²) in [6, 6.07) is 15.5. The molecule has 8 nitrogen and oxygen atoms in total. The molecule has 1 aliphatic heterocycles. The lowest BCUT2D eigenvalue weighted by Crippen LogP contribution is -2.30. The molecule has 1 N–H and O–H groups in total. The van der Waals surface area contributed by atoms with Gasteiger partial charge in [-0.1, -0.05) is 19.1 Å². The maximum Gasteiger partial charge on any atom is 0.338 e.